The van der Waals surface area contributed by atoms with Crippen LogP contribution in [0.4, 0.5) is 5.69 Å². The van der Waals surface area contributed by atoms with E-state index in [0.717, 1.165) is 43.7 Å². The van der Waals surface area contributed by atoms with Crippen molar-refractivity contribution < 1.29 is 33.3 Å². The van der Waals surface area contributed by atoms with Crippen molar-refractivity contribution >= 4 is 23.4 Å². The van der Waals surface area contributed by atoms with E-state index < -0.39 is 11.9 Å². The Morgan fingerprint density at radius 3 is 2.20 bits per heavy atom. The first-order valence-corrected chi connectivity index (χ1v) is 14.3. The highest BCUT2D eigenvalue weighted by Gasteiger charge is 2.39. The summed E-state index contributed by atoms with van der Waals surface area (Å²) in [5.41, 5.74) is 8.21. The van der Waals surface area contributed by atoms with Crippen molar-refractivity contribution in [1.29, 1.82) is 0 Å². The number of hydrogen-bond donors (Lipinski definition) is 3. The first kappa shape index (κ1) is 30.4. The molecule has 3 aliphatic rings. The maximum atomic E-state index is 12.9. The van der Waals surface area contributed by atoms with Crippen LogP contribution >= 0.6 is 0 Å². The van der Waals surface area contributed by atoms with Crippen LogP contribution in [-0.4, -0.2) is 119 Å². The number of rotatable bonds is 17. The Bertz CT molecular complexity index is 986. The molecule has 0 bridgehead atoms. The Labute approximate surface area is 235 Å². The molecular formula is C28H43N5O7. The van der Waals surface area contributed by atoms with E-state index in [0.29, 0.717) is 84.0 Å². The van der Waals surface area contributed by atoms with Crippen molar-refractivity contribution in [2.45, 2.75) is 44.3 Å². The first-order valence-electron chi connectivity index (χ1n) is 14.3. The molecule has 1 atom stereocenters. The number of nitrogens with zero attached hydrogens (tertiary/aromatic N) is 2. The summed E-state index contributed by atoms with van der Waals surface area (Å²) in [6.07, 6.45) is 2.72. The van der Waals surface area contributed by atoms with Crippen molar-refractivity contribution in [2.24, 2.45) is 5.73 Å². The lowest BCUT2D eigenvalue weighted by Crippen LogP contribution is -2.52. The highest BCUT2D eigenvalue weighted by Crippen LogP contribution is 2.32. The number of benzene rings is 1. The summed E-state index contributed by atoms with van der Waals surface area (Å²) >= 11 is 0. The van der Waals surface area contributed by atoms with Crippen molar-refractivity contribution in [2.75, 3.05) is 84.4 Å². The van der Waals surface area contributed by atoms with Crippen LogP contribution in [0.15, 0.2) is 18.2 Å². The van der Waals surface area contributed by atoms with Crippen molar-refractivity contribution in [1.82, 2.24) is 15.1 Å². The number of carbonyl (C=O) groups is 3. The zero-order valence-electron chi connectivity index (χ0n) is 23.2. The second kappa shape index (κ2) is 16.0. The molecule has 0 aromatic heterocycles. The van der Waals surface area contributed by atoms with Crippen LogP contribution in [0.2, 0.25) is 0 Å². The predicted octanol–water partition coefficient (Wildman–Crippen LogP) is 0.349. The number of nitrogens with two attached hydrogens (primary N) is 1. The Balaban J connectivity index is 0.990. The SMILES string of the molecule is NC1CCN(CCOCCOCCOCCOCCNc2cccc3c2CN(C2CCC(=O)NC2=O)C3=O)CC1. The number of hydrogen-bond acceptors (Lipinski definition) is 10. The standard InChI is InChI=1S/C28H43N5O7/c29-21-6-9-32(10-7-21)11-13-38-15-17-40-19-18-39-16-14-37-12-8-30-24-3-1-2-22-23(24)20-33(28(22)36)25-4-5-26(34)31-27(25)35/h1-3,21,25,30H,4-20,29H2,(H,31,34,35). The number of fused-ring (bicyclic) bond motifs is 1. The third-order valence-corrected chi connectivity index (χ3v) is 7.44. The monoisotopic (exact) mass is 561 g/mol. The van der Waals surface area contributed by atoms with E-state index in [2.05, 4.69) is 15.5 Å². The maximum Gasteiger partial charge on any atom is 0.255 e. The molecule has 4 rings (SSSR count). The minimum Gasteiger partial charge on any atom is -0.382 e. The molecule has 4 N–H and O–H groups in total. The lowest BCUT2D eigenvalue weighted by molar-refractivity contribution is -0.136. The smallest absolute Gasteiger partial charge is 0.255 e. The molecule has 12 nitrogen and oxygen atoms in total. The molecule has 0 aliphatic carbocycles. The van der Waals surface area contributed by atoms with E-state index in [9.17, 15) is 14.4 Å². The van der Waals surface area contributed by atoms with Crippen LogP contribution in [-0.2, 0) is 35.1 Å². The van der Waals surface area contributed by atoms with Crippen LogP contribution in [0.5, 0.6) is 0 Å². The number of carbonyl (C=O) groups excluding carboxylic acids is 3. The Kier molecular flexibility index (Phi) is 12.1. The molecule has 1 unspecified atom stereocenters. The van der Waals surface area contributed by atoms with Crippen molar-refractivity contribution in [3.05, 3.63) is 29.3 Å². The minimum absolute atomic E-state index is 0.183. The van der Waals surface area contributed by atoms with Crippen LogP contribution in [0.3, 0.4) is 0 Å². The molecule has 2 saturated heterocycles. The van der Waals surface area contributed by atoms with Gasteiger partial charge in [-0.15, -0.1) is 0 Å². The van der Waals surface area contributed by atoms with Gasteiger partial charge in [0.2, 0.25) is 11.8 Å². The summed E-state index contributed by atoms with van der Waals surface area (Å²) in [6.45, 7) is 8.27. The van der Waals surface area contributed by atoms with E-state index in [1.165, 1.54) is 0 Å². The van der Waals surface area contributed by atoms with Gasteiger partial charge in [0.1, 0.15) is 6.04 Å². The lowest BCUT2D eigenvalue weighted by Gasteiger charge is -2.29. The third-order valence-electron chi connectivity index (χ3n) is 7.44. The van der Waals surface area contributed by atoms with E-state index in [-0.39, 0.29) is 18.2 Å². The molecule has 1 aromatic carbocycles. The second-order valence-corrected chi connectivity index (χ2v) is 10.3. The number of imide groups is 1. The second-order valence-electron chi connectivity index (χ2n) is 10.3. The Hall–Kier alpha value is -2.61. The van der Waals surface area contributed by atoms with Crippen LogP contribution < -0.4 is 16.4 Å². The number of amides is 3. The van der Waals surface area contributed by atoms with Crippen molar-refractivity contribution in [3.8, 4) is 0 Å². The fraction of sp³-hybridized carbons (Fsp3) is 0.679. The fourth-order valence-electron chi connectivity index (χ4n) is 5.14. The van der Waals surface area contributed by atoms with Gasteiger partial charge in [-0.1, -0.05) is 6.07 Å². The van der Waals surface area contributed by atoms with Gasteiger partial charge in [-0.3, -0.25) is 19.7 Å². The molecule has 2 fully saturated rings. The normalized spacial score (nSPS) is 20.2. The molecule has 40 heavy (non-hydrogen) atoms. The number of nitrogens with one attached hydrogen (secondary N) is 2. The molecule has 222 valence electrons. The van der Waals surface area contributed by atoms with Crippen molar-refractivity contribution in [3.63, 3.8) is 0 Å². The quantitative estimate of drug-likeness (QED) is 0.180. The van der Waals surface area contributed by atoms with Gasteiger partial charge in [-0.2, -0.15) is 0 Å². The molecule has 1 aromatic rings. The topological polar surface area (TPSA) is 145 Å². The van der Waals surface area contributed by atoms with E-state index in [4.69, 9.17) is 24.7 Å². The minimum atomic E-state index is -0.623. The molecule has 0 saturated carbocycles. The maximum absolute atomic E-state index is 12.9. The average Bonchev–Trinajstić information content (AvgIpc) is 3.28. The zero-order chi connectivity index (χ0) is 28.2. The largest absolute Gasteiger partial charge is 0.382 e. The van der Waals surface area contributed by atoms with Gasteiger partial charge in [0, 0.05) is 48.9 Å². The van der Waals surface area contributed by atoms with E-state index in [1.54, 1.807) is 11.0 Å². The molecule has 3 aliphatic heterocycles. The van der Waals surface area contributed by atoms with Crippen LogP contribution in [0.1, 0.15) is 41.6 Å². The molecule has 3 amide bonds. The van der Waals surface area contributed by atoms with Crippen LogP contribution in [0, 0.1) is 0 Å². The van der Waals surface area contributed by atoms with Gasteiger partial charge in [-0.25, -0.2) is 0 Å². The summed E-state index contributed by atoms with van der Waals surface area (Å²) in [7, 11) is 0. The zero-order valence-corrected chi connectivity index (χ0v) is 23.2. The first-order chi connectivity index (χ1) is 19.5. The van der Waals surface area contributed by atoms with E-state index in [1.807, 2.05) is 12.1 Å². The van der Waals surface area contributed by atoms with Gasteiger partial charge < -0.3 is 39.8 Å². The fourth-order valence-corrected chi connectivity index (χ4v) is 5.14. The lowest BCUT2D eigenvalue weighted by atomic mass is 10.0. The summed E-state index contributed by atoms with van der Waals surface area (Å²) in [4.78, 5) is 40.6. The summed E-state index contributed by atoms with van der Waals surface area (Å²) in [5, 5.41) is 5.66. The van der Waals surface area contributed by atoms with Gasteiger partial charge >= 0.3 is 0 Å². The van der Waals surface area contributed by atoms with Gasteiger partial charge in [0.15, 0.2) is 0 Å². The molecule has 12 heteroatoms. The highest BCUT2D eigenvalue weighted by atomic mass is 16.6. The van der Waals surface area contributed by atoms with Gasteiger partial charge in [0.05, 0.1) is 52.9 Å². The number of likely N-dealkylation sites (tertiary alicyclic amines) is 1. The number of ether oxygens (including phenoxy) is 4. The van der Waals surface area contributed by atoms with Gasteiger partial charge in [-0.05, 0) is 44.5 Å². The number of piperidine rings is 2. The molecule has 0 radical (unpaired) electrons. The Morgan fingerprint density at radius 1 is 0.875 bits per heavy atom. The number of anilines is 1. The predicted molar refractivity (Wildman–Crippen MR) is 148 cm³/mol. The van der Waals surface area contributed by atoms with E-state index >= 15 is 0 Å². The highest BCUT2D eigenvalue weighted by molar-refractivity contribution is 6.06. The Morgan fingerprint density at radius 2 is 1.52 bits per heavy atom. The molecule has 0 spiro atoms. The summed E-state index contributed by atoms with van der Waals surface area (Å²) in [5.74, 6) is -0.886. The molecule has 3 heterocycles. The third kappa shape index (κ3) is 8.95. The van der Waals surface area contributed by atoms with Gasteiger partial charge in [0.25, 0.3) is 5.91 Å². The average molecular weight is 562 g/mol. The summed E-state index contributed by atoms with van der Waals surface area (Å²) in [6, 6.07) is 5.24. The summed E-state index contributed by atoms with van der Waals surface area (Å²) < 4.78 is 22.4. The molecular weight excluding hydrogens is 518 g/mol. The van der Waals surface area contributed by atoms with Crippen LogP contribution in [0.25, 0.3) is 0 Å².